The molecule has 1 aromatic carbocycles. The lowest BCUT2D eigenvalue weighted by atomic mass is 9.84. The summed E-state index contributed by atoms with van der Waals surface area (Å²) < 4.78 is 0. The molecule has 19 heavy (non-hydrogen) atoms. The van der Waals surface area contributed by atoms with Crippen LogP contribution in [0, 0.1) is 19.8 Å². The summed E-state index contributed by atoms with van der Waals surface area (Å²) >= 11 is 0. The Balaban J connectivity index is 2.96. The van der Waals surface area contributed by atoms with Gasteiger partial charge in [-0.2, -0.15) is 0 Å². The highest BCUT2D eigenvalue weighted by Gasteiger charge is 2.21. The minimum atomic E-state index is 0.516. The van der Waals surface area contributed by atoms with Gasteiger partial charge in [0.15, 0.2) is 0 Å². The van der Waals surface area contributed by atoms with Crippen LogP contribution in [0.25, 0.3) is 0 Å². The summed E-state index contributed by atoms with van der Waals surface area (Å²) in [6.07, 6.45) is 5.22. The highest BCUT2D eigenvalue weighted by Crippen LogP contribution is 2.31. The normalized spacial score (nSPS) is 14.4. The molecule has 1 heteroatoms. The van der Waals surface area contributed by atoms with Gasteiger partial charge in [-0.25, -0.2) is 0 Å². The van der Waals surface area contributed by atoms with Crippen molar-refractivity contribution in [3.63, 3.8) is 0 Å². The summed E-state index contributed by atoms with van der Waals surface area (Å²) in [7, 11) is 0. The summed E-state index contributed by atoms with van der Waals surface area (Å²) in [6.45, 7) is 12.3. The quantitative estimate of drug-likeness (QED) is 0.680. The number of hydrogen-bond acceptors (Lipinski definition) is 1. The van der Waals surface area contributed by atoms with Crippen molar-refractivity contribution in [3.8, 4) is 0 Å². The van der Waals surface area contributed by atoms with E-state index in [2.05, 4.69) is 58.1 Å². The van der Waals surface area contributed by atoms with Gasteiger partial charge in [0.2, 0.25) is 0 Å². The number of benzene rings is 1. The lowest BCUT2D eigenvalue weighted by molar-refractivity contribution is 0.327. The smallest absolute Gasteiger partial charge is 0.0351 e. The van der Waals surface area contributed by atoms with E-state index >= 15 is 0 Å². The molecule has 1 N–H and O–H groups in total. The Morgan fingerprint density at radius 3 is 2.37 bits per heavy atom. The van der Waals surface area contributed by atoms with Gasteiger partial charge >= 0.3 is 0 Å². The summed E-state index contributed by atoms with van der Waals surface area (Å²) in [6, 6.07) is 7.40. The van der Waals surface area contributed by atoms with E-state index in [-0.39, 0.29) is 0 Å². The van der Waals surface area contributed by atoms with E-state index in [1.165, 1.54) is 42.4 Å². The van der Waals surface area contributed by atoms with E-state index in [1.54, 1.807) is 0 Å². The minimum absolute atomic E-state index is 0.516. The molecule has 0 spiro atoms. The minimum Gasteiger partial charge on any atom is -0.310 e. The number of nitrogens with one attached hydrogen (secondary N) is 1. The predicted molar refractivity (Wildman–Crippen MR) is 85.6 cm³/mol. The molecule has 0 aliphatic heterocycles. The van der Waals surface area contributed by atoms with E-state index in [9.17, 15) is 0 Å². The zero-order chi connectivity index (χ0) is 14.3. The third-order valence-electron chi connectivity index (χ3n) is 4.11. The fourth-order valence-corrected chi connectivity index (χ4v) is 3.00. The largest absolute Gasteiger partial charge is 0.310 e. The highest BCUT2D eigenvalue weighted by molar-refractivity contribution is 5.33. The van der Waals surface area contributed by atoms with Crippen molar-refractivity contribution in [2.24, 2.45) is 5.92 Å². The average Bonchev–Trinajstić information content (AvgIpc) is 2.39. The van der Waals surface area contributed by atoms with Crippen molar-refractivity contribution in [2.45, 2.75) is 66.3 Å². The van der Waals surface area contributed by atoms with Gasteiger partial charge in [-0.3, -0.25) is 0 Å². The molecule has 1 aromatic rings. The van der Waals surface area contributed by atoms with E-state index in [0.717, 1.165) is 12.5 Å². The van der Waals surface area contributed by atoms with Gasteiger partial charge in [-0.05, 0) is 43.9 Å². The van der Waals surface area contributed by atoms with Crippen molar-refractivity contribution >= 4 is 0 Å². The maximum atomic E-state index is 3.72. The first-order valence-corrected chi connectivity index (χ1v) is 7.94. The van der Waals surface area contributed by atoms with Crippen molar-refractivity contribution in [2.75, 3.05) is 6.54 Å². The molecule has 0 aliphatic carbocycles. The fourth-order valence-electron chi connectivity index (χ4n) is 3.00. The van der Waals surface area contributed by atoms with Crippen LogP contribution in [0.4, 0.5) is 0 Å². The van der Waals surface area contributed by atoms with Gasteiger partial charge in [-0.1, -0.05) is 63.8 Å². The first kappa shape index (κ1) is 16.2. The van der Waals surface area contributed by atoms with Crippen LogP contribution >= 0.6 is 0 Å². The summed E-state index contributed by atoms with van der Waals surface area (Å²) in [5.41, 5.74) is 4.29. The molecule has 0 aliphatic rings. The fraction of sp³-hybridized carbons (Fsp3) is 0.667. The number of unbranched alkanes of at least 4 members (excludes halogenated alkanes) is 1. The number of hydrogen-bond donors (Lipinski definition) is 1. The Labute approximate surface area is 119 Å². The van der Waals surface area contributed by atoms with E-state index < -0.39 is 0 Å². The van der Waals surface area contributed by atoms with Gasteiger partial charge in [-0.15, -0.1) is 0 Å². The average molecular weight is 261 g/mol. The Bertz CT molecular complexity index is 370. The molecule has 1 rings (SSSR count). The van der Waals surface area contributed by atoms with E-state index in [1.807, 2.05) is 0 Å². The summed E-state index contributed by atoms with van der Waals surface area (Å²) in [5, 5.41) is 3.72. The molecule has 108 valence electrons. The number of rotatable bonds is 8. The molecule has 0 saturated heterocycles. The first-order valence-electron chi connectivity index (χ1n) is 7.94. The van der Waals surface area contributed by atoms with Crippen LogP contribution in [0.3, 0.4) is 0 Å². The van der Waals surface area contributed by atoms with Crippen LogP contribution in [-0.2, 0) is 0 Å². The molecule has 0 heterocycles. The Hall–Kier alpha value is -0.820. The third kappa shape index (κ3) is 4.65. The third-order valence-corrected chi connectivity index (χ3v) is 4.11. The van der Waals surface area contributed by atoms with Gasteiger partial charge in [0.1, 0.15) is 0 Å². The highest BCUT2D eigenvalue weighted by atomic mass is 14.9. The molecular weight excluding hydrogens is 230 g/mol. The van der Waals surface area contributed by atoms with Crippen LogP contribution in [0.15, 0.2) is 18.2 Å². The van der Waals surface area contributed by atoms with Crippen LogP contribution in [0.1, 0.15) is 69.2 Å². The molecule has 0 amide bonds. The molecule has 0 saturated carbocycles. The molecule has 0 bridgehead atoms. The second kappa shape index (κ2) is 8.37. The van der Waals surface area contributed by atoms with Crippen LogP contribution in [0.5, 0.6) is 0 Å². The SMILES string of the molecule is CCCCC(CC)C(NCC)c1ccc(C)cc1C. The maximum Gasteiger partial charge on any atom is 0.0351 e. The number of aryl methyl sites for hydroxylation is 2. The molecule has 2 atom stereocenters. The molecule has 1 nitrogen and oxygen atoms in total. The van der Waals surface area contributed by atoms with Crippen LogP contribution in [0.2, 0.25) is 0 Å². The van der Waals surface area contributed by atoms with Crippen LogP contribution in [-0.4, -0.2) is 6.54 Å². The predicted octanol–water partition coefficient (Wildman–Crippen LogP) is 5.17. The zero-order valence-corrected chi connectivity index (χ0v) is 13.4. The Morgan fingerprint density at radius 2 is 1.84 bits per heavy atom. The Kier molecular flexibility index (Phi) is 7.15. The molecule has 0 radical (unpaired) electrons. The molecular formula is C18H31N. The molecule has 2 unspecified atom stereocenters. The Morgan fingerprint density at radius 1 is 1.11 bits per heavy atom. The van der Waals surface area contributed by atoms with E-state index in [4.69, 9.17) is 0 Å². The van der Waals surface area contributed by atoms with Crippen molar-refractivity contribution in [1.82, 2.24) is 5.32 Å². The first-order chi connectivity index (χ1) is 9.13. The van der Waals surface area contributed by atoms with Crippen molar-refractivity contribution in [3.05, 3.63) is 34.9 Å². The zero-order valence-electron chi connectivity index (χ0n) is 13.4. The summed E-state index contributed by atoms with van der Waals surface area (Å²) in [5.74, 6) is 0.751. The van der Waals surface area contributed by atoms with Gasteiger partial charge in [0, 0.05) is 6.04 Å². The maximum absolute atomic E-state index is 3.72. The standard InChI is InChI=1S/C18H31N/c1-6-9-10-16(7-2)18(19-8-3)17-12-11-14(4)13-15(17)5/h11-13,16,18-19H,6-10H2,1-5H3. The summed E-state index contributed by atoms with van der Waals surface area (Å²) in [4.78, 5) is 0. The van der Waals surface area contributed by atoms with Gasteiger partial charge < -0.3 is 5.32 Å². The second-order valence-corrected chi connectivity index (χ2v) is 5.71. The van der Waals surface area contributed by atoms with Gasteiger partial charge in [0.25, 0.3) is 0 Å². The van der Waals surface area contributed by atoms with Crippen molar-refractivity contribution < 1.29 is 0 Å². The van der Waals surface area contributed by atoms with Crippen molar-refractivity contribution in [1.29, 1.82) is 0 Å². The second-order valence-electron chi connectivity index (χ2n) is 5.71. The lowest BCUT2D eigenvalue weighted by Crippen LogP contribution is -2.28. The topological polar surface area (TPSA) is 12.0 Å². The monoisotopic (exact) mass is 261 g/mol. The van der Waals surface area contributed by atoms with Gasteiger partial charge in [0.05, 0.1) is 0 Å². The lowest BCUT2D eigenvalue weighted by Gasteiger charge is -2.29. The molecule has 0 aromatic heterocycles. The van der Waals surface area contributed by atoms with Crippen LogP contribution < -0.4 is 5.32 Å². The molecule has 0 fully saturated rings. The van der Waals surface area contributed by atoms with E-state index in [0.29, 0.717) is 6.04 Å².